The van der Waals surface area contributed by atoms with Crippen molar-refractivity contribution in [1.29, 1.82) is 0 Å². The second-order valence-electron chi connectivity index (χ2n) is 5.74. The third-order valence-electron chi connectivity index (χ3n) is 4.21. The summed E-state index contributed by atoms with van der Waals surface area (Å²) in [6.07, 6.45) is 3.37. The van der Waals surface area contributed by atoms with Crippen LogP contribution in [0.5, 0.6) is 0 Å². The van der Waals surface area contributed by atoms with Gasteiger partial charge in [0, 0.05) is 37.7 Å². The van der Waals surface area contributed by atoms with Crippen molar-refractivity contribution in [2.24, 2.45) is 18.2 Å². The van der Waals surface area contributed by atoms with Crippen molar-refractivity contribution in [2.45, 2.75) is 25.3 Å². The van der Waals surface area contributed by atoms with Crippen molar-refractivity contribution in [3.05, 3.63) is 16.4 Å². The van der Waals surface area contributed by atoms with E-state index in [2.05, 4.69) is 9.88 Å². The summed E-state index contributed by atoms with van der Waals surface area (Å²) >= 11 is 0. The van der Waals surface area contributed by atoms with Crippen LogP contribution in [0.4, 0.5) is 11.8 Å². The lowest BCUT2D eigenvalue weighted by molar-refractivity contribution is 0.214. The highest BCUT2D eigenvalue weighted by Crippen LogP contribution is 2.45. The summed E-state index contributed by atoms with van der Waals surface area (Å²) in [5, 5.41) is 0. The fourth-order valence-corrected chi connectivity index (χ4v) is 3.27. The molecule has 1 aliphatic carbocycles. The van der Waals surface area contributed by atoms with Crippen LogP contribution >= 0.6 is 0 Å². The van der Waals surface area contributed by atoms with Gasteiger partial charge in [0.15, 0.2) is 0 Å². The Morgan fingerprint density at radius 1 is 1.50 bits per heavy atom. The van der Waals surface area contributed by atoms with Crippen molar-refractivity contribution in [2.75, 3.05) is 23.7 Å². The number of rotatable bonds is 1. The zero-order valence-electron chi connectivity index (χ0n) is 10.6. The lowest BCUT2D eigenvalue weighted by atomic mass is 9.78. The number of nitrogens with zero attached hydrogens (tertiary/aromatic N) is 3. The molecule has 1 atom stereocenters. The molecular weight excluding hydrogens is 230 g/mol. The second-order valence-corrected chi connectivity index (χ2v) is 5.74. The zero-order valence-corrected chi connectivity index (χ0v) is 10.6. The largest absolute Gasteiger partial charge is 0.383 e. The molecule has 1 aliphatic heterocycles. The Balaban J connectivity index is 1.81. The number of anilines is 2. The Kier molecular flexibility index (Phi) is 2.38. The molecule has 1 saturated carbocycles. The van der Waals surface area contributed by atoms with Crippen molar-refractivity contribution >= 4 is 11.8 Å². The molecule has 1 saturated heterocycles. The van der Waals surface area contributed by atoms with Gasteiger partial charge in [-0.25, -0.2) is 0 Å². The quantitative estimate of drug-likeness (QED) is 0.712. The van der Waals surface area contributed by atoms with Crippen LogP contribution < -0.4 is 21.9 Å². The van der Waals surface area contributed by atoms with E-state index in [1.165, 1.54) is 12.5 Å². The van der Waals surface area contributed by atoms with Gasteiger partial charge in [0.25, 0.3) is 5.56 Å². The predicted molar refractivity (Wildman–Crippen MR) is 70.4 cm³/mol. The van der Waals surface area contributed by atoms with Gasteiger partial charge in [-0.15, -0.1) is 0 Å². The third-order valence-corrected chi connectivity index (χ3v) is 4.21. The highest BCUT2D eigenvalue weighted by molar-refractivity contribution is 5.43. The molecule has 2 heterocycles. The summed E-state index contributed by atoms with van der Waals surface area (Å²) in [6.45, 7) is 1.87. The average molecular weight is 249 g/mol. The summed E-state index contributed by atoms with van der Waals surface area (Å²) < 4.78 is 1.55. The summed E-state index contributed by atoms with van der Waals surface area (Å²) in [5.41, 5.74) is 11.9. The van der Waals surface area contributed by atoms with Crippen LogP contribution in [0.3, 0.4) is 0 Å². The van der Waals surface area contributed by atoms with E-state index in [0.717, 1.165) is 25.9 Å². The molecule has 0 bridgehead atoms. The first-order chi connectivity index (χ1) is 8.49. The standard InChI is InChI=1S/C12H19N5O/c1-16-10(18)4-9(14)15-11(16)17-6-12(7-17)3-2-8(13)5-12/h4,8H,2-3,5-7,13-14H2,1H3. The molecule has 2 aliphatic rings. The molecule has 1 spiro atoms. The first kappa shape index (κ1) is 11.5. The van der Waals surface area contributed by atoms with Gasteiger partial charge in [-0.3, -0.25) is 9.36 Å². The number of hydrogen-bond acceptors (Lipinski definition) is 5. The smallest absolute Gasteiger partial charge is 0.256 e. The second kappa shape index (κ2) is 3.71. The lowest BCUT2D eigenvalue weighted by Crippen LogP contribution is -2.57. The van der Waals surface area contributed by atoms with Crippen LogP contribution in [0, 0.1) is 5.41 Å². The average Bonchev–Trinajstić information content (AvgIpc) is 2.64. The van der Waals surface area contributed by atoms with E-state index in [4.69, 9.17) is 11.5 Å². The van der Waals surface area contributed by atoms with Crippen LogP contribution in [0.15, 0.2) is 10.9 Å². The molecule has 1 aromatic rings. The van der Waals surface area contributed by atoms with Gasteiger partial charge in [-0.05, 0) is 19.3 Å². The SMILES string of the molecule is Cn1c(N2CC3(CCC(N)C3)C2)nc(N)cc1=O. The van der Waals surface area contributed by atoms with Gasteiger partial charge in [0.05, 0.1) is 0 Å². The van der Waals surface area contributed by atoms with Crippen LogP contribution in [-0.4, -0.2) is 28.7 Å². The molecule has 0 aromatic carbocycles. The maximum absolute atomic E-state index is 11.7. The molecule has 1 unspecified atom stereocenters. The number of nitrogens with two attached hydrogens (primary N) is 2. The minimum Gasteiger partial charge on any atom is -0.383 e. The molecule has 0 amide bonds. The highest BCUT2D eigenvalue weighted by Gasteiger charge is 2.48. The Bertz CT molecular complexity index is 532. The van der Waals surface area contributed by atoms with Gasteiger partial charge in [0.2, 0.25) is 5.95 Å². The van der Waals surface area contributed by atoms with Crippen LogP contribution in [0.25, 0.3) is 0 Å². The van der Waals surface area contributed by atoms with Gasteiger partial charge in [-0.1, -0.05) is 0 Å². The van der Waals surface area contributed by atoms with Gasteiger partial charge in [-0.2, -0.15) is 4.98 Å². The monoisotopic (exact) mass is 249 g/mol. The van der Waals surface area contributed by atoms with Crippen molar-refractivity contribution in [3.63, 3.8) is 0 Å². The molecule has 4 N–H and O–H groups in total. The highest BCUT2D eigenvalue weighted by atomic mass is 16.1. The minimum absolute atomic E-state index is 0.110. The summed E-state index contributed by atoms with van der Waals surface area (Å²) in [7, 11) is 1.73. The molecule has 3 rings (SSSR count). The molecule has 6 nitrogen and oxygen atoms in total. The molecule has 1 aromatic heterocycles. The normalized spacial score (nSPS) is 25.4. The number of aromatic nitrogens is 2. The first-order valence-electron chi connectivity index (χ1n) is 6.33. The van der Waals surface area contributed by atoms with Crippen LogP contribution in [-0.2, 0) is 7.05 Å². The van der Waals surface area contributed by atoms with Crippen LogP contribution in [0.1, 0.15) is 19.3 Å². The summed E-state index contributed by atoms with van der Waals surface area (Å²) in [4.78, 5) is 18.1. The molecule has 0 radical (unpaired) electrons. The Hall–Kier alpha value is -1.56. The van der Waals surface area contributed by atoms with Crippen LogP contribution in [0.2, 0.25) is 0 Å². The maximum Gasteiger partial charge on any atom is 0.256 e. The van der Waals surface area contributed by atoms with E-state index in [1.54, 1.807) is 11.6 Å². The van der Waals surface area contributed by atoms with E-state index in [9.17, 15) is 4.79 Å². The van der Waals surface area contributed by atoms with Gasteiger partial charge in [0.1, 0.15) is 5.82 Å². The van der Waals surface area contributed by atoms with Crippen molar-refractivity contribution in [1.82, 2.24) is 9.55 Å². The molecule has 98 valence electrons. The topological polar surface area (TPSA) is 90.2 Å². The zero-order chi connectivity index (χ0) is 12.9. The summed E-state index contributed by atoms with van der Waals surface area (Å²) in [6, 6.07) is 1.69. The molecular formula is C12H19N5O. The van der Waals surface area contributed by atoms with Gasteiger partial charge < -0.3 is 16.4 Å². The van der Waals surface area contributed by atoms with E-state index >= 15 is 0 Å². The molecule has 18 heavy (non-hydrogen) atoms. The third kappa shape index (κ3) is 1.68. The lowest BCUT2D eigenvalue weighted by Gasteiger charge is -2.49. The van der Waals surface area contributed by atoms with Gasteiger partial charge >= 0.3 is 0 Å². The predicted octanol–water partition coefficient (Wildman–Crippen LogP) is -0.320. The molecule has 6 heteroatoms. The first-order valence-corrected chi connectivity index (χ1v) is 6.33. The van der Waals surface area contributed by atoms with E-state index in [0.29, 0.717) is 17.4 Å². The fourth-order valence-electron chi connectivity index (χ4n) is 3.27. The van der Waals surface area contributed by atoms with E-state index < -0.39 is 0 Å². The van der Waals surface area contributed by atoms with E-state index in [1.807, 2.05) is 0 Å². The van der Waals surface area contributed by atoms with Crippen molar-refractivity contribution in [3.8, 4) is 0 Å². The summed E-state index contributed by atoms with van der Waals surface area (Å²) in [5.74, 6) is 0.961. The minimum atomic E-state index is -0.110. The number of nitrogen functional groups attached to an aromatic ring is 1. The molecule has 2 fully saturated rings. The fraction of sp³-hybridized carbons (Fsp3) is 0.667. The Labute approximate surface area is 106 Å². The van der Waals surface area contributed by atoms with Crippen molar-refractivity contribution < 1.29 is 0 Å². The number of hydrogen-bond donors (Lipinski definition) is 2. The Morgan fingerprint density at radius 2 is 2.22 bits per heavy atom. The van der Waals surface area contributed by atoms with E-state index in [-0.39, 0.29) is 11.4 Å². The maximum atomic E-state index is 11.7. The Morgan fingerprint density at radius 3 is 2.83 bits per heavy atom.